The second-order valence-electron chi connectivity index (χ2n) is 9.51. The summed E-state index contributed by atoms with van der Waals surface area (Å²) < 4.78 is 0. The summed E-state index contributed by atoms with van der Waals surface area (Å²) in [5.74, 6) is 0. The number of hydrogen-bond acceptors (Lipinski definition) is 1. The number of anilines is 2. The fraction of sp³-hybridized carbons (Fsp3) is 0.0909. The molecule has 162 valence electrons. The Kier molecular flexibility index (Phi) is 3.96. The molecule has 2 aliphatic rings. The molecule has 0 saturated heterocycles. The van der Waals surface area contributed by atoms with E-state index in [-0.39, 0.29) is 5.41 Å². The van der Waals surface area contributed by atoms with Gasteiger partial charge in [0.25, 0.3) is 0 Å². The maximum absolute atomic E-state index is 2.43. The molecule has 2 aliphatic carbocycles. The lowest BCUT2D eigenvalue weighted by molar-refractivity contribution is 0.793. The van der Waals surface area contributed by atoms with Gasteiger partial charge in [-0.05, 0) is 81.3 Å². The van der Waals surface area contributed by atoms with Crippen LogP contribution in [0.4, 0.5) is 11.4 Å². The van der Waals surface area contributed by atoms with Gasteiger partial charge in [-0.3, -0.25) is 0 Å². The van der Waals surface area contributed by atoms with Crippen molar-refractivity contribution in [1.82, 2.24) is 0 Å². The summed E-state index contributed by atoms with van der Waals surface area (Å²) in [4.78, 5) is 2.30. The fourth-order valence-corrected chi connectivity index (χ4v) is 6.28. The number of aryl methyl sites for hydroxylation is 1. The van der Waals surface area contributed by atoms with E-state index in [1.54, 1.807) is 0 Å². The molecule has 0 fully saturated rings. The Morgan fingerprint density at radius 2 is 0.971 bits per heavy atom. The van der Waals surface area contributed by atoms with Crippen molar-refractivity contribution >= 4 is 11.4 Å². The lowest BCUT2D eigenvalue weighted by Crippen LogP contribution is -2.26. The Hall–Kier alpha value is -4.10. The van der Waals surface area contributed by atoms with Crippen molar-refractivity contribution in [3.63, 3.8) is 0 Å². The molecule has 0 bridgehead atoms. The van der Waals surface area contributed by atoms with Crippen LogP contribution in [0.15, 0.2) is 115 Å². The SMILES string of the molecule is Cc1cccc(N(C)c2ccc3c(c2)C2(c4ccccc4-c4ccccc42)c2ccccc2-3)c1. The lowest BCUT2D eigenvalue weighted by atomic mass is 9.70. The van der Waals surface area contributed by atoms with Gasteiger partial charge in [-0.25, -0.2) is 0 Å². The first kappa shape index (κ1) is 19.4. The molecule has 5 aromatic carbocycles. The Labute approximate surface area is 201 Å². The molecule has 7 rings (SSSR count). The molecule has 1 nitrogen and oxygen atoms in total. The van der Waals surface area contributed by atoms with Crippen LogP contribution in [0.1, 0.15) is 27.8 Å². The van der Waals surface area contributed by atoms with Crippen molar-refractivity contribution < 1.29 is 0 Å². The van der Waals surface area contributed by atoms with E-state index in [4.69, 9.17) is 0 Å². The van der Waals surface area contributed by atoms with Crippen LogP contribution in [0, 0.1) is 6.92 Å². The summed E-state index contributed by atoms with van der Waals surface area (Å²) in [5, 5.41) is 0. The van der Waals surface area contributed by atoms with Crippen LogP contribution >= 0.6 is 0 Å². The van der Waals surface area contributed by atoms with E-state index in [1.165, 1.54) is 61.4 Å². The Balaban J connectivity index is 1.55. The molecule has 0 aromatic heterocycles. The normalized spacial score (nSPS) is 13.8. The molecule has 0 unspecified atom stereocenters. The molecule has 0 radical (unpaired) electrons. The maximum Gasteiger partial charge on any atom is 0.0726 e. The molecule has 1 spiro atoms. The van der Waals surface area contributed by atoms with Crippen LogP contribution in [-0.2, 0) is 5.41 Å². The zero-order chi connectivity index (χ0) is 22.9. The summed E-state index contributed by atoms with van der Waals surface area (Å²) in [7, 11) is 2.17. The highest BCUT2D eigenvalue weighted by Crippen LogP contribution is 2.63. The van der Waals surface area contributed by atoms with Crippen molar-refractivity contribution in [2.45, 2.75) is 12.3 Å². The van der Waals surface area contributed by atoms with E-state index in [0.717, 1.165) is 0 Å². The first-order valence-corrected chi connectivity index (χ1v) is 11.9. The quantitative estimate of drug-likeness (QED) is 0.265. The van der Waals surface area contributed by atoms with Gasteiger partial charge in [0, 0.05) is 18.4 Å². The standard InChI is InChI=1S/C33H25N/c1-22-10-9-11-23(20-22)34(2)24-18-19-28-27-14-5-8-17-31(27)33(32(28)21-24)29-15-6-3-12-25(29)26-13-4-7-16-30(26)33/h3-21H,1-2H3. The molecule has 0 N–H and O–H groups in total. The first-order valence-electron chi connectivity index (χ1n) is 11.9. The van der Waals surface area contributed by atoms with Gasteiger partial charge in [0.2, 0.25) is 0 Å². The van der Waals surface area contributed by atoms with Gasteiger partial charge in [0.15, 0.2) is 0 Å². The van der Waals surface area contributed by atoms with E-state index >= 15 is 0 Å². The molecule has 0 amide bonds. The topological polar surface area (TPSA) is 3.24 Å². The van der Waals surface area contributed by atoms with Crippen LogP contribution in [0.5, 0.6) is 0 Å². The molecule has 0 aliphatic heterocycles. The number of benzene rings is 5. The third kappa shape index (κ3) is 2.39. The van der Waals surface area contributed by atoms with Crippen molar-refractivity contribution in [1.29, 1.82) is 0 Å². The average molecular weight is 436 g/mol. The molecule has 1 heteroatoms. The summed E-state index contributed by atoms with van der Waals surface area (Å²) in [6.07, 6.45) is 0. The zero-order valence-electron chi connectivity index (χ0n) is 19.4. The average Bonchev–Trinajstić information content (AvgIpc) is 3.35. The van der Waals surface area contributed by atoms with E-state index in [2.05, 4.69) is 134 Å². The molecule has 0 saturated carbocycles. The Bertz CT molecular complexity index is 1530. The third-order valence-electron chi connectivity index (χ3n) is 7.76. The van der Waals surface area contributed by atoms with Crippen molar-refractivity contribution in [3.05, 3.63) is 143 Å². The van der Waals surface area contributed by atoms with Crippen molar-refractivity contribution in [3.8, 4) is 22.3 Å². The number of fused-ring (bicyclic) bond motifs is 10. The number of rotatable bonds is 2. The minimum Gasteiger partial charge on any atom is -0.345 e. The summed E-state index contributed by atoms with van der Waals surface area (Å²) in [6, 6.07) is 42.7. The minimum atomic E-state index is -0.289. The Morgan fingerprint density at radius 1 is 0.471 bits per heavy atom. The zero-order valence-corrected chi connectivity index (χ0v) is 19.4. The highest BCUT2D eigenvalue weighted by molar-refractivity contribution is 5.95. The molecule has 5 aromatic rings. The van der Waals surface area contributed by atoms with E-state index in [9.17, 15) is 0 Å². The second kappa shape index (κ2) is 6.95. The van der Waals surface area contributed by atoms with Crippen LogP contribution < -0.4 is 4.90 Å². The predicted octanol–water partition coefficient (Wildman–Crippen LogP) is 8.11. The van der Waals surface area contributed by atoms with E-state index in [0.29, 0.717) is 0 Å². The lowest BCUT2D eigenvalue weighted by Gasteiger charge is -2.31. The molecule has 34 heavy (non-hydrogen) atoms. The highest BCUT2D eigenvalue weighted by atomic mass is 15.1. The van der Waals surface area contributed by atoms with Gasteiger partial charge < -0.3 is 4.90 Å². The predicted molar refractivity (Wildman–Crippen MR) is 142 cm³/mol. The minimum absolute atomic E-state index is 0.289. The highest BCUT2D eigenvalue weighted by Gasteiger charge is 2.51. The summed E-state index contributed by atoms with van der Waals surface area (Å²) in [6.45, 7) is 2.15. The summed E-state index contributed by atoms with van der Waals surface area (Å²) in [5.41, 5.74) is 14.3. The fourth-order valence-electron chi connectivity index (χ4n) is 6.28. The van der Waals surface area contributed by atoms with Crippen LogP contribution in [0.2, 0.25) is 0 Å². The monoisotopic (exact) mass is 435 g/mol. The number of nitrogens with zero attached hydrogens (tertiary/aromatic N) is 1. The molecular weight excluding hydrogens is 410 g/mol. The van der Waals surface area contributed by atoms with Gasteiger partial charge >= 0.3 is 0 Å². The van der Waals surface area contributed by atoms with Crippen molar-refractivity contribution in [2.24, 2.45) is 0 Å². The smallest absolute Gasteiger partial charge is 0.0726 e. The van der Waals surface area contributed by atoms with E-state index in [1.807, 2.05) is 0 Å². The van der Waals surface area contributed by atoms with Gasteiger partial charge in [0.05, 0.1) is 5.41 Å². The first-order chi connectivity index (χ1) is 16.7. The summed E-state index contributed by atoms with van der Waals surface area (Å²) >= 11 is 0. The maximum atomic E-state index is 2.43. The second-order valence-corrected chi connectivity index (χ2v) is 9.51. The van der Waals surface area contributed by atoms with Crippen LogP contribution in [-0.4, -0.2) is 7.05 Å². The van der Waals surface area contributed by atoms with Gasteiger partial charge in [-0.15, -0.1) is 0 Å². The Morgan fingerprint density at radius 3 is 1.53 bits per heavy atom. The largest absolute Gasteiger partial charge is 0.345 e. The van der Waals surface area contributed by atoms with Crippen LogP contribution in [0.25, 0.3) is 22.3 Å². The molecule has 0 heterocycles. The van der Waals surface area contributed by atoms with Gasteiger partial charge in [0.1, 0.15) is 0 Å². The number of hydrogen-bond donors (Lipinski definition) is 0. The van der Waals surface area contributed by atoms with E-state index < -0.39 is 0 Å². The molecular formula is C33H25N. The van der Waals surface area contributed by atoms with Crippen LogP contribution in [0.3, 0.4) is 0 Å². The molecule has 0 atom stereocenters. The van der Waals surface area contributed by atoms with Gasteiger partial charge in [-0.1, -0.05) is 91.0 Å². The van der Waals surface area contributed by atoms with Crippen molar-refractivity contribution in [2.75, 3.05) is 11.9 Å². The van der Waals surface area contributed by atoms with Gasteiger partial charge in [-0.2, -0.15) is 0 Å². The third-order valence-corrected chi connectivity index (χ3v) is 7.76.